The monoisotopic (exact) mass is 228 g/mol. The molecule has 0 saturated carbocycles. The van der Waals surface area contributed by atoms with E-state index in [1.165, 1.54) is 19.3 Å². The van der Waals surface area contributed by atoms with E-state index in [2.05, 4.69) is 31.4 Å². The maximum Gasteiger partial charge on any atom is 0.234 e. The molecular weight excluding hydrogens is 200 g/mol. The van der Waals surface area contributed by atoms with Crippen LogP contribution in [0.15, 0.2) is 0 Å². The summed E-state index contributed by atoms with van der Waals surface area (Å²) in [6, 6.07) is 0.721. The third kappa shape index (κ3) is 8.72. The Morgan fingerprint density at radius 3 is 2.38 bits per heavy atom. The van der Waals surface area contributed by atoms with Gasteiger partial charge >= 0.3 is 0 Å². The van der Waals surface area contributed by atoms with Gasteiger partial charge in [0.1, 0.15) is 0 Å². The summed E-state index contributed by atoms with van der Waals surface area (Å²) < 4.78 is 0. The van der Waals surface area contributed by atoms with Crippen molar-refractivity contribution < 1.29 is 4.79 Å². The quantitative estimate of drug-likeness (QED) is 0.595. The molecule has 3 nitrogen and oxygen atoms in total. The molecule has 0 saturated heterocycles. The van der Waals surface area contributed by atoms with Crippen LogP contribution in [0.1, 0.15) is 59.8 Å². The summed E-state index contributed by atoms with van der Waals surface area (Å²) in [6.45, 7) is 8.90. The highest BCUT2D eigenvalue weighted by atomic mass is 16.1. The van der Waals surface area contributed by atoms with Crippen molar-refractivity contribution >= 4 is 5.91 Å². The van der Waals surface area contributed by atoms with Crippen molar-refractivity contribution in [2.24, 2.45) is 0 Å². The third-order valence-electron chi connectivity index (χ3n) is 2.87. The number of hydrogen-bond donors (Lipinski definition) is 2. The Bertz CT molecular complexity index is 183. The molecule has 0 fully saturated rings. The Balaban J connectivity index is 3.51. The molecule has 0 aliphatic rings. The molecule has 0 rings (SSSR count). The molecular formula is C13H28N2O. The number of unbranched alkanes of at least 4 members (excludes halogenated alkanes) is 2. The van der Waals surface area contributed by atoms with Crippen molar-refractivity contribution in [3.05, 3.63) is 0 Å². The van der Waals surface area contributed by atoms with Gasteiger partial charge in [0.05, 0.1) is 6.54 Å². The number of carbonyl (C=O) groups excluding carboxylic acids is 1. The molecule has 0 heterocycles. The minimum Gasteiger partial charge on any atom is -0.353 e. The lowest BCUT2D eigenvalue weighted by atomic mass is 10.1. The van der Waals surface area contributed by atoms with Crippen LogP contribution in [0.25, 0.3) is 0 Å². The molecule has 0 bridgehead atoms. The second kappa shape index (κ2) is 9.64. The van der Waals surface area contributed by atoms with E-state index < -0.39 is 0 Å². The molecule has 0 spiro atoms. The lowest BCUT2D eigenvalue weighted by Crippen LogP contribution is -2.41. The Morgan fingerprint density at radius 2 is 1.81 bits per heavy atom. The first-order valence-corrected chi connectivity index (χ1v) is 6.62. The fraction of sp³-hybridized carbons (Fsp3) is 0.923. The number of hydrogen-bond acceptors (Lipinski definition) is 2. The maximum absolute atomic E-state index is 11.5. The highest BCUT2D eigenvalue weighted by Crippen LogP contribution is 2.02. The molecule has 0 aromatic carbocycles. The number of amides is 1. The molecule has 0 aromatic rings. The molecule has 96 valence electrons. The number of carbonyl (C=O) groups is 1. The predicted octanol–water partition coefficient (Wildman–Crippen LogP) is 2.46. The van der Waals surface area contributed by atoms with Crippen molar-refractivity contribution in [2.75, 3.05) is 6.54 Å². The largest absolute Gasteiger partial charge is 0.353 e. The van der Waals surface area contributed by atoms with E-state index in [1.807, 2.05) is 6.92 Å². The summed E-state index contributed by atoms with van der Waals surface area (Å²) in [6.07, 6.45) is 5.92. The third-order valence-corrected chi connectivity index (χ3v) is 2.87. The molecule has 0 radical (unpaired) electrons. The van der Waals surface area contributed by atoms with Gasteiger partial charge in [-0.1, -0.05) is 33.1 Å². The van der Waals surface area contributed by atoms with Crippen LogP contribution in [0.3, 0.4) is 0 Å². The Kier molecular flexibility index (Phi) is 9.30. The second-order valence-electron chi connectivity index (χ2n) is 4.65. The molecule has 16 heavy (non-hydrogen) atoms. The topological polar surface area (TPSA) is 41.1 Å². The van der Waals surface area contributed by atoms with Gasteiger partial charge < -0.3 is 10.6 Å². The van der Waals surface area contributed by atoms with Crippen LogP contribution < -0.4 is 10.6 Å². The minimum atomic E-state index is 0.108. The Labute approximate surface area is 100 Å². The van der Waals surface area contributed by atoms with Crippen LogP contribution in [-0.2, 0) is 4.79 Å². The smallest absolute Gasteiger partial charge is 0.234 e. The van der Waals surface area contributed by atoms with Crippen LogP contribution >= 0.6 is 0 Å². The molecule has 3 heteroatoms. The van der Waals surface area contributed by atoms with Crippen molar-refractivity contribution in [2.45, 2.75) is 71.9 Å². The van der Waals surface area contributed by atoms with E-state index in [-0.39, 0.29) is 11.9 Å². The van der Waals surface area contributed by atoms with Crippen molar-refractivity contribution in [3.8, 4) is 0 Å². The summed E-state index contributed by atoms with van der Waals surface area (Å²) in [5.41, 5.74) is 0. The van der Waals surface area contributed by atoms with Gasteiger partial charge in [-0.2, -0.15) is 0 Å². The highest BCUT2D eigenvalue weighted by molar-refractivity contribution is 5.78. The summed E-state index contributed by atoms with van der Waals surface area (Å²) in [5, 5.41) is 6.21. The van der Waals surface area contributed by atoms with Crippen LogP contribution in [0.5, 0.6) is 0 Å². The standard InChI is InChI=1S/C13H28N2O/c1-5-7-8-9-12(4)14-10-13(16)15-11(3)6-2/h11-12,14H,5-10H2,1-4H3,(H,15,16). The van der Waals surface area contributed by atoms with Gasteiger partial charge in [-0.3, -0.25) is 4.79 Å². The van der Waals surface area contributed by atoms with Gasteiger partial charge in [0, 0.05) is 12.1 Å². The van der Waals surface area contributed by atoms with E-state index in [4.69, 9.17) is 0 Å². The fourth-order valence-corrected chi connectivity index (χ4v) is 1.50. The average molecular weight is 228 g/mol. The second-order valence-corrected chi connectivity index (χ2v) is 4.65. The zero-order valence-electron chi connectivity index (χ0n) is 11.3. The van der Waals surface area contributed by atoms with Crippen molar-refractivity contribution in [1.82, 2.24) is 10.6 Å². The van der Waals surface area contributed by atoms with Gasteiger partial charge in [-0.25, -0.2) is 0 Å². The van der Waals surface area contributed by atoms with E-state index in [0.29, 0.717) is 12.6 Å². The lowest BCUT2D eigenvalue weighted by molar-refractivity contribution is -0.121. The zero-order valence-corrected chi connectivity index (χ0v) is 11.3. The molecule has 0 aromatic heterocycles. The first-order valence-electron chi connectivity index (χ1n) is 6.62. The van der Waals surface area contributed by atoms with Gasteiger partial charge in [0.2, 0.25) is 5.91 Å². The minimum absolute atomic E-state index is 0.108. The number of rotatable bonds is 9. The molecule has 2 N–H and O–H groups in total. The van der Waals surface area contributed by atoms with E-state index >= 15 is 0 Å². The van der Waals surface area contributed by atoms with Gasteiger partial charge in [0.15, 0.2) is 0 Å². The first-order chi connectivity index (χ1) is 7.60. The molecule has 2 atom stereocenters. The molecule has 0 aliphatic heterocycles. The summed E-state index contributed by atoms with van der Waals surface area (Å²) in [7, 11) is 0. The first kappa shape index (κ1) is 15.4. The van der Waals surface area contributed by atoms with E-state index in [0.717, 1.165) is 12.8 Å². The number of nitrogens with one attached hydrogen (secondary N) is 2. The van der Waals surface area contributed by atoms with Crippen LogP contribution in [0.4, 0.5) is 0 Å². The van der Waals surface area contributed by atoms with Crippen LogP contribution in [0.2, 0.25) is 0 Å². The highest BCUT2D eigenvalue weighted by Gasteiger charge is 2.07. The van der Waals surface area contributed by atoms with Gasteiger partial charge in [-0.05, 0) is 26.7 Å². The molecule has 2 unspecified atom stereocenters. The van der Waals surface area contributed by atoms with Gasteiger partial charge in [-0.15, -0.1) is 0 Å². The Hall–Kier alpha value is -0.570. The van der Waals surface area contributed by atoms with E-state index in [1.54, 1.807) is 0 Å². The average Bonchev–Trinajstić information content (AvgIpc) is 2.26. The SMILES string of the molecule is CCCCCC(C)NCC(=O)NC(C)CC. The zero-order chi connectivity index (χ0) is 12.4. The van der Waals surface area contributed by atoms with Gasteiger partial charge in [0.25, 0.3) is 0 Å². The summed E-state index contributed by atoms with van der Waals surface area (Å²) in [4.78, 5) is 11.5. The summed E-state index contributed by atoms with van der Waals surface area (Å²) >= 11 is 0. The van der Waals surface area contributed by atoms with Crippen molar-refractivity contribution in [1.29, 1.82) is 0 Å². The fourth-order valence-electron chi connectivity index (χ4n) is 1.50. The Morgan fingerprint density at radius 1 is 1.12 bits per heavy atom. The predicted molar refractivity (Wildman–Crippen MR) is 69.5 cm³/mol. The molecule has 1 amide bonds. The van der Waals surface area contributed by atoms with E-state index in [9.17, 15) is 4.79 Å². The van der Waals surface area contributed by atoms with Crippen molar-refractivity contribution in [3.63, 3.8) is 0 Å². The summed E-state index contributed by atoms with van der Waals surface area (Å²) in [5.74, 6) is 0.108. The normalized spacial score (nSPS) is 14.5. The maximum atomic E-state index is 11.5. The molecule has 0 aliphatic carbocycles. The van der Waals surface area contributed by atoms with Crippen LogP contribution in [-0.4, -0.2) is 24.5 Å². The lowest BCUT2D eigenvalue weighted by Gasteiger charge is -2.15. The van der Waals surface area contributed by atoms with Crippen LogP contribution in [0, 0.1) is 0 Å².